The van der Waals surface area contributed by atoms with E-state index in [1.807, 2.05) is 13.1 Å². The number of nitrogens with zero attached hydrogens (tertiary/aromatic N) is 4. The summed E-state index contributed by atoms with van der Waals surface area (Å²) in [5.74, 6) is 2.05. The van der Waals surface area contributed by atoms with E-state index in [1.54, 1.807) is 0 Å². The number of aliphatic imine (C=N–C) groups is 1. The van der Waals surface area contributed by atoms with Crippen LogP contribution < -0.4 is 10.6 Å². The standard InChI is InChI=1S/C21H38N6O/c1-17(2)19-14-18(28-25-19)15-23-20(22-3)24-16-21(8-12-26(4)13-9-21)27-10-6-5-7-11-27/h14,17H,5-13,15-16H2,1-4H3,(H2,22,23,24). The fraction of sp³-hybridized carbons (Fsp3) is 0.810. The highest BCUT2D eigenvalue weighted by molar-refractivity contribution is 5.79. The molecular formula is C21H38N6O. The lowest BCUT2D eigenvalue weighted by Crippen LogP contribution is -2.62. The van der Waals surface area contributed by atoms with Crippen molar-refractivity contribution >= 4 is 5.96 Å². The molecule has 0 spiro atoms. The van der Waals surface area contributed by atoms with Crippen LogP contribution >= 0.6 is 0 Å². The minimum Gasteiger partial charge on any atom is -0.359 e. The topological polar surface area (TPSA) is 68.9 Å². The van der Waals surface area contributed by atoms with Crippen molar-refractivity contribution in [2.45, 2.75) is 64.0 Å². The average Bonchev–Trinajstić information content (AvgIpc) is 3.20. The minimum atomic E-state index is 0.238. The molecule has 3 heterocycles. The first-order valence-electron chi connectivity index (χ1n) is 10.9. The summed E-state index contributed by atoms with van der Waals surface area (Å²) in [5.41, 5.74) is 1.23. The van der Waals surface area contributed by atoms with Crippen molar-refractivity contribution in [1.29, 1.82) is 0 Å². The van der Waals surface area contributed by atoms with Crippen LogP contribution in [0.4, 0.5) is 0 Å². The third-order valence-electron chi connectivity index (χ3n) is 6.35. The van der Waals surface area contributed by atoms with Gasteiger partial charge >= 0.3 is 0 Å². The number of rotatable bonds is 6. The maximum Gasteiger partial charge on any atom is 0.191 e. The van der Waals surface area contributed by atoms with Gasteiger partial charge in [-0.05, 0) is 64.8 Å². The van der Waals surface area contributed by atoms with Crippen molar-refractivity contribution in [3.05, 3.63) is 17.5 Å². The van der Waals surface area contributed by atoms with Gasteiger partial charge in [-0.1, -0.05) is 25.4 Å². The molecular weight excluding hydrogens is 352 g/mol. The highest BCUT2D eigenvalue weighted by Crippen LogP contribution is 2.30. The highest BCUT2D eigenvalue weighted by atomic mass is 16.5. The van der Waals surface area contributed by atoms with Crippen molar-refractivity contribution in [2.75, 3.05) is 46.8 Å². The largest absolute Gasteiger partial charge is 0.359 e. The summed E-state index contributed by atoms with van der Waals surface area (Å²) in [6.45, 7) is 10.6. The quantitative estimate of drug-likeness (QED) is 0.574. The van der Waals surface area contributed by atoms with Crippen LogP contribution in [0.3, 0.4) is 0 Å². The zero-order valence-electron chi connectivity index (χ0n) is 18.1. The molecule has 0 aliphatic carbocycles. The molecule has 0 unspecified atom stereocenters. The predicted octanol–water partition coefficient (Wildman–Crippen LogP) is 2.41. The predicted molar refractivity (Wildman–Crippen MR) is 114 cm³/mol. The number of likely N-dealkylation sites (tertiary alicyclic amines) is 2. The Kier molecular flexibility index (Phi) is 7.35. The molecule has 7 nitrogen and oxygen atoms in total. The van der Waals surface area contributed by atoms with E-state index in [4.69, 9.17) is 4.52 Å². The number of aromatic nitrogens is 1. The van der Waals surface area contributed by atoms with E-state index in [-0.39, 0.29) is 5.54 Å². The van der Waals surface area contributed by atoms with Crippen LogP contribution in [0.15, 0.2) is 15.6 Å². The summed E-state index contributed by atoms with van der Waals surface area (Å²) >= 11 is 0. The summed E-state index contributed by atoms with van der Waals surface area (Å²) in [6.07, 6.45) is 6.46. The number of hydrogen-bond donors (Lipinski definition) is 2. The maximum atomic E-state index is 5.43. The normalized spacial score (nSPS) is 21.8. The van der Waals surface area contributed by atoms with Gasteiger partial charge in [0, 0.05) is 25.2 Å². The lowest BCUT2D eigenvalue weighted by molar-refractivity contribution is 0.0173. The van der Waals surface area contributed by atoms with E-state index in [0.29, 0.717) is 12.5 Å². The lowest BCUT2D eigenvalue weighted by Gasteiger charge is -2.50. The SMILES string of the molecule is CN=C(NCc1cc(C(C)C)no1)NCC1(N2CCCCC2)CCN(C)CC1. The summed E-state index contributed by atoms with van der Waals surface area (Å²) in [4.78, 5) is 9.62. The van der Waals surface area contributed by atoms with Crippen LogP contribution in [0.1, 0.15) is 63.3 Å². The average molecular weight is 391 g/mol. The summed E-state index contributed by atoms with van der Waals surface area (Å²) in [6, 6.07) is 2.02. The van der Waals surface area contributed by atoms with Crippen molar-refractivity contribution in [1.82, 2.24) is 25.6 Å². The highest BCUT2D eigenvalue weighted by Gasteiger charge is 2.39. The van der Waals surface area contributed by atoms with Crippen LogP contribution in [0, 0.1) is 0 Å². The Hall–Kier alpha value is -1.60. The van der Waals surface area contributed by atoms with E-state index >= 15 is 0 Å². The van der Waals surface area contributed by atoms with Crippen molar-refractivity contribution < 1.29 is 4.52 Å². The third-order valence-corrected chi connectivity index (χ3v) is 6.35. The van der Waals surface area contributed by atoms with Crippen molar-refractivity contribution in [3.63, 3.8) is 0 Å². The van der Waals surface area contributed by atoms with Gasteiger partial charge in [-0.2, -0.15) is 0 Å². The van der Waals surface area contributed by atoms with Crippen LogP contribution in [-0.2, 0) is 6.54 Å². The molecule has 2 aliphatic heterocycles. The van der Waals surface area contributed by atoms with Gasteiger partial charge in [-0.15, -0.1) is 0 Å². The van der Waals surface area contributed by atoms with E-state index in [0.717, 1.165) is 24.0 Å². The second-order valence-corrected chi connectivity index (χ2v) is 8.73. The number of hydrogen-bond acceptors (Lipinski definition) is 5. The Morgan fingerprint density at radius 1 is 1.18 bits per heavy atom. The van der Waals surface area contributed by atoms with Crippen molar-refractivity contribution in [3.8, 4) is 0 Å². The fourth-order valence-corrected chi connectivity index (χ4v) is 4.33. The first-order valence-corrected chi connectivity index (χ1v) is 10.9. The Morgan fingerprint density at radius 3 is 2.50 bits per heavy atom. The first-order chi connectivity index (χ1) is 13.5. The molecule has 158 valence electrons. The molecule has 3 rings (SSSR count). The van der Waals surface area contributed by atoms with Gasteiger partial charge in [0.15, 0.2) is 11.7 Å². The van der Waals surface area contributed by atoms with E-state index in [2.05, 4.69) is 51.5 Å². The van der Waals surface area contributed by atoms with E-state index in [9.17, 15) is 0 Å². The van der Waals surface area contributed by atoms with Crippen LogP contribution in [-0.4, -0.2) is 73.3 Å². The third kappa shape index (κ3) is 5.26. The molecule has 1 aromatic heterocycles. The zero-order chi connectivity index (χ0) is 20.0. The smallest absolute Gasteiger partial charge is 0.191 e. The van der Waals surface area contributed by atoms with E-state index < -0.39 is 0 Å². The Labute approximate surface area is 169 Å². The summed E-state index contributed by atoms with van der Waals surface area (Å²) in [5, 5.41) is 11.1. The Balaban J connectivity index is 1.57. The van der Waals surface area contributed by atoms with Gasteiger partial charge < -0.3 is 20.1 Å². The second-order valence-electron chi connectivity index (χ2n) is 8.73. The zero-order valence-corrected chi connectivity index (χ0v) is 18.1. The van der Waals surface area contributed by atoms with Crippen LogP contribution in [0.25, 0.3) is 0 Å². The number of piperidine rings is 2. The second kappa shape index (κ2) is 9.74. The molecule has 7 heteroatoms. The van der Waals surface area contributed by atoms with Crippen LogP contribution in [0.2, 0.25) is 0 Å². The van der Waals surface area contributed by atoms with Gasteiger partial charge in [0.05, 0.1) is 12.2 Å². The fourth-order valence-electron chi connectivity index (χ4n) is 4.33. The molecule has 1 aromatic rings. The molecule has 2 saturated heterocycles. The Morgan fingerprint density at radius 2 is 1.89 bits per heavy atom. The first kappa shape index (κ1) is 21.1. The molecule has 2 N–H and O–H groups in total. The molecule has 0 radical (unpaired) electrons. The van der Waals surface area contributed by atoms with Crippen LogP contribution in [0.5, 0.6) is 0 Å². The summed E-state index contributed by atoms with van der Waals surface area (Å²) in [7, 11) is 4.06. The lowest BCUT2D eigenvalue weighted by atomic mass is 9.84. The molecule has 0 amide bonds. The molecule has 2 aliphatic rings. The van der Waals surface area contributed by atoms with Gasteiger partial charge in [0.25, 0.3) is 0 Å². The van der Waals surface area contributed by atoms with Gasteiger partial charge in [-0.3, -0.25) is 9.89 Å². The molecule has 0 atom stereocenters. The Bertz CT molecular complexity index is 627. The van der Waals surface area contributed by atoms with Gasteiger partial charge in [0.1, 0.15) is 0 Å². The van der Waals surface area contributed by atoms with E-state index in [1.165, 1.54) is 58.3 Å². The van der Waals surface area contributed by atoms with Crippen molar-refractivity contribution in [2.24, 2.45) is 4.99 Å². The molecule has 0 saturated carbocycles. The van der Waals surface area contributed by atoms with Gasteiger partial charge in [-0.25, -0.2) is 0 Å². The molecule has 2 fully saturated rings. The molecule has 28 heavy (non-hydrogen) atoms. The minimum absolute atomic E-state index is 0.238. The monoisotopic (exact) mass is 390 g/mol. The van der Waals surface area contributed by atoms with Gasteiger partial charge in [0.2, 0.25) is 0 Å². The number of guanidine groups is 1. The number of nitrogens with one attached hydrogen (secondary N) is 2. The maximum absolute atomic E-state index is 5.43. The summed E-state index contributed by atoms with van der Waals surface area (Å²) < 4.78 is 5.43. The molecule has 0 bridgehead atoms. The molecule has 0 aromatic carbocycles.